The van der Waals surface area contributed by atoms with Gasteiger partial charge >= 0.3 is 10.2 Å². The number of carbonyl (C=O) groups is 1. The van der Waals surface area contributed by atoms with E-state index in [0.717, 1.165) is 20.6 Å². The number of amides is 1. The zero-order chi connectivity index (χ0) is 14.5. The number of benzene rings is 2. The number of phenolic OH excluding ortho intramolecular Hbond substituents is 1. The maximum atomic E-state index is 11.8. The van der Waals surface area contributed by atoms with Crippen LogP contribution in [0.4, 0.5) is 5.69 Å². The van der Waals surface area contributed by atoms with E-state index in [1.165, 1.54) is 6.07 Å². The van der Waals surface area contributed by atoms with Gasteiger partial charge in [0.25, 0.3) is 5.91 Å². The number of nitrogens with one attached hydrogen (secondary N) is 1. The Kier molecular flexibility index (Phi) is 4.67. The third-order valence-electron chi connectivity index (χ3n) is 3.18. The van der Waals surface area contributed by atoms with Crippen molar-refractivity contribution in [2.75, 3.05) is 10.8 Å². The fourth-order valence-corrected chi connectivity index (χ4v) is 3.41. The molecule has 1 heterocycles. The molecule has 105 valence electrons. The summed E-state index contributed by atoms with van der Waals surface area (Å²) < 4.78 is 26.4. The maximum Gasteiger partial charge on any atom is 0.326 e. The van der Waals surface area contributed by atoms with Gasteiger partial charge in [0.2, 0.25) is 0 Å². The molecule has 6 nitrogen and oxygen atoms in total. The van der Waals surface area contributed by atoms with Crippen molar-refractivity contribution >= 4 is 84.0 Å². The molecule has 3 rings (SSSR count). The minimum atomic E-state index is -3.92. The molecule has 1 amide bonds. The SMILES string of the molecule is Cc1ccc2cc(O)c(N3CC(=O)NS3(=O)=O)cc2c1.[K]. The Bertz CT molecular complexity index is 835. The number of carbonyl (C=O) groups excluding carboxylic acids is 1. The number of anilines is 1. The van der Waals surface area contributed by atoms with E-state index >= 15 is 0 Å². The Morgan fingerprint density at radius 2 is 1.90 bits per heavy atom. The third-order valence-corrected chi connectivity index (χ3v) is 4.57. The Balaban J connectivity index is 0.00000161. The van der Waals surface area contributed by atoms with Crippen molar-refractivity contribution in [1.29, 1.82) is 0 Å². The molecular formula is C13H12KN2O4S. The predicted molar refractivity (Wildman–Crippen MR) is 80.5 cm³/mol. The average molecular weight is 331 g/mol. The number of aromatic hydroxyl groups is 1. The summed E-state index contributed by atoms with van der Waals surface area (Å²) in [4.78, 5) is 11.3. The van der Waals surface area contributed by atoms with Crippen LogP contribution in [0.5, 0.6) is 5.75 Å². The van der Waals surface area contributed by atoms with Crippen LogP contribution in [0.15, 0.2) is 30.3 Å². The molecule has 8 heteroatoms. The number of aryl methyl sites for hydroxylation is 1. The van der Waals surface area contributed by atoms with Crippen LogP contribution < -0.4 is 9.03 Å². The number of hydrogen-bond donors (Lipinski definition) is 2. The number of nitrogens with zero attached hydrogens (tertiary/aromatic N) is 1. The standard InChI is InChI=1S/C13H12N2O4S.K/c1-8-2-3-9-6-12(16)11(5-10(9)4-8)15-7-13(17)14-20(15,18)19;/h2-6,16H,7H2,1H3,(H,14,17);. The van der Waals surface area contributed by atoms with Gasteiger partial charge < -0.3 is 5.11 Å². The van der Waals surface area contributed by atoms with Gasteiger partial charge in [-0.05, 0) is 29.8 Å². The molecule has 0 aliphatic carbocycles. The first-order valence-electron chi connectivity index (χ1n) is 5.93. The van der Waals surface area contributed by atoms with E-state index in [1.54, 1.807) is 6.07 Å². The molecule has 0 aromatic heterocycles. The van der Waals surface area contributed by atoms with Gasteiger partial charge in [-0.3, -0.25) is 4.79 Å². The molecule has 0 bridgehead atoms. The molecule has 0 unspecified atom stereocenters. The number of rotatable bonds is 1. The number of hydrogen-bond acceptors (Lipinski definition) is 4. The number of fused-ring (bicyclic) bond motifs is 1. The van der Waals surface area contributed by atoms with Crippen molar-refractivity contribution in [3.05, 3.63) is 35.9 Å². The van der Waals surface area contributed by atoms with Crippen LogP contribution in [-0.4, -0.2) is 77.4 Å². The second-order valence-corrected chi connectivity index (χ2v) is 6.32. The topological polar surface area (TPSA) is 86.7 Å². The van der Waals surface area contributed by atoms with Crippen LogP contribution in [0, 0.1) is 6.92 Å². The molecule has 1 aliphatic rings. The summed E-state index contributed by atoms with van der Waals surface area (Å²) in [6.45, 7) is 1.59. The van der Waals surface area contributed by atoms with Crippen molar-refractivity contribution in [1.82, 2.24) is 4.72 Å². The molecule has 2 aromatic rings. The predicted octanol–water partition coefficient (Wildman–Crippen LogP) is 0.654. The molecule has 0 spiro atoms. The zero-order valence-corrected chi connectivity index (χ0v) is 15.6. The molecule has 0 atom stereocenters. The molecule has 2 aromatic carbocycles. The quantitative estimate of drug-likeness (QED) is 0.752. The van der Waals surface area contributed by atoms with Gasteiger partial charge in [-0.2, -0.15) is 8.42 Å². The van der Waals surface area contributed by atoms with Crippen LogP contribution in [0.25, 0.3) is 10.8 Å². The summed E-state index contributed by atoms with van der Waals surface area (Å²) in [6, 6.07) is 8.68. The Morgan fingerprint density at radius 3 is 2.52 bits per heavy atom. The molecular weight excluding hydrogens is 319 g/mol. The van der Waals surface area contributed by atoms with Crippen LogP contribution in [0.1, 0.15) is 5.56 Å². The molecule has 1 aliphatic heterocycles. The Hall–Kier alpha value is -0.644. The molecule has 0 saturated carbocycles. The number of phenols is 1. The molecule has 1 fully saturated rings. The summed E-state index contributed by atoms with van der Waals surface area (Å²) in [7, 11) is -3.92. The van der Waals surface area contributed by atoms with Gasteiger partial charge in [0.15, 0.2) is 0 Å². The first-order chi connectivity index (χ1) is 9.37. The molecule has 1 saturated heterocycles. The Labute approximate surface area is 164 Å². The summed E-state index contributed by atoms with van der Waals surface area (Å²) >= 11 is 0. The van der Waals surface area contributed by atoms with Crippen molar-refractivity contribution in [3.8, 4) is 5.75 Å². The van der Waals surface area contributed by atoms with Gasteiger partial charge in [-0.25, -0.2) is 9.03 Å². The van der Waals surface area contributed by atoms with E-state index in [-0.39, 0.29) is 69.4 Å². The van der Waals surface area contributed by atoms with E-state index in [1.807, 2.05) is 29.8 Å². The average Bonchev–Trinajstić information content (AvgIpc) is 2.62. The van der Waals surface area contributed by atoms with Crippen molar-refractivity contribution in [3.63, 3.8) is 0 Å². The smallest absolute Gasteiger partial charge is 0.326 e. The molecule has 2 N–H and O–H groups in total. The second-order valence-electron chi connectivity index (χ2n) is 4.73. The van der Waals surface area contributed by atoms with E-state index in [9.17, 15) is 18.3 Å². The van der Waals surface area contributed by atoms with Gasteiger partial charge in [0, 0.05) is 51.4 Å². The van der Waals surface area contributed by atoms with E-state index in [0.29, 0.717) is 0 Å². The van der Waals surface area contributed by atoms with Crippen LogP contribution in [-0.2, 0) is 15.0 Å². The summed E-state index contributed by atoms with van der Waals surface area (Å²) in [5.74, 6) is -0.796. The summed E-state index contributed by atoms with van der Waals surface area (Å²) in [6.07, 6.45) is 0. The van der Waals surface area contributed by atoms with Gasteiger partial charge in [0.1, 0.15) is 12.3 Å². The fourth-order valence-electron chi connectivity index (χ4n) is 2.25. The minimum Gasteiger partial charge on any atom is -0.506 e. The summed E-state index contributed by atoms with van der Waals surface area (Å²) in [5, 5.41) is 11.6. The van der Waals surface area contributed by atoms with Gasteiger partial charge in [-0.1, -0.05) is 23.8 Å². The third kappa shape index (κ3) is 3.10. The first kappa shape index (κ1) is 16.7. The van der Waals surface area contributed by atoms with Gasteiger partial charge in [-0.15, -0.1) is 0 Å². The van der Waals surface area contributed by atoms with Crippen LogP contribution >= 0.6 is 0 Å². The largest absolute Gasteiger partial charge is 0.506 e. The zero-order valence-electron chi connectivity index (χ0n) is 11.6. The van der Waals surface area contributed by atoms with Crippen LogP contribution in [0.2, 0.25) is 0 Å². The molecule has 21 heavy (non-hydrogen) atoms. The van der Waals surface area contributed by atoms with E-state index in [4.69, 9.17) is 0 Å². The monoisotopic (exact) mass is 331 g/mol. The maximum absolute atomic E-state index is 11.8. The molecule has 1 radical (unpaired) electrons. The van der Waals surface area contributed by atoms with Gasteiger partial charge in [0.05, 0.1) is 5.69 Å². The fraction of sp³-hybridized carbons (Fsp3) is 0.154. The Morgan fingerprint density at radius 1 is 1.19 bits per heavy atom. The van der Waals surface area contributed by atoms with Crippen LogP contribution in [0.3, 0.4) is 0 Å². The van der Waals surface area contributed by atoms with Crippen molar-refractivity contribution in [2.24, 2.45) is 0 Å². The van der Waals surface area contributed by atoms with Crippen molar-refractivity contribution in [2.45, 2.75) is 6.92 Å². The normalized spacial score (nSPS) is 16.6. The minimum absolute atomic E-state index is 0. The first-order valence-corrected chi connectivity index (χ1v) is 7.37. The van der Waals surface area contributed by atoms with E-state index < -0.39 is 16.1 Å². The second kappa shape index (κ2) is 5.86. The summed E-state index contributed by atoms with van der Waals surface area (Å²) in [5.41, 5.74) is 1.12. The van der Waals surface area contributed by atoms with E-state index in [2.05, 4.69) is 0 Å². The van der Waals surface area contributed by atoms with Crippen molar-refractivity contribution < 1.29 is 18.3 Å².